The maximum absolute atomic E-state index is 5.29. The van der Waals surface area contributed by atoms with Crippen LogP contribution in [0.15, 0.2) is 82.3 Å². The van der Waals surface area contributed by atoms with Crippen LogP contribution in [0, 0.1) is 12.8 Å². The molecule has 1 N–H and O–H groups in total. The predicted octanol–water partition coefficient (Wildman–Crippen LogP) is 7.34. The Hall–Kier alpha value is -2.85. The Kier molecular flexibility index (Phi) is 5.41. The van der Waals surface area contributed by atoms with Gasteiger partial charge in [-0.05, 0) is 88.3 Å². The number of anilines is 1. The second-order valence-corrected chi connectivity index (χ2v) is 9.16. The van der Waals surface area contributed by atoms with E-state index in [0.717, 1.165) is 27.9 Å². The highest BCUT2D eigenvalue weighted by Crippen LogP contribution is 2.50. The Morgan fingerprint density at radius 3 is 2.68 bits per heavy atom. The molecule has 1 aliphatic heterocycles. The molecular weight excluding hydrogens is 448 g/mol. The summed E-state index contributed by atoms with van der Waals surface area (Å²) < 4.78 is 6.21. The van der Waals surface area contributed by atoms with E-state index in [9.17, 15) is 0 Å². The zero-order valence-electron chi connectivity index (χ0n) is 17.7. The van der Waals surface area contributed by atoms with Crippen molar-refractivity contribution in [2.24, 2.45) is 10.9 Å². The Bertz CT molecular complexity index is 1170. The van der Waals surface area contributed by atoms with Crippen LogP contribution in [0.3, 0.4) is 0 Å². The lowest BCUT2D eigenvalue weighted by Crippen LogP contribution is -2.29. The number of hydrogen-bond donors (Lipinski definition) is 1. The first-order valence-corrected chi connectivity index (χ1v) is 11.4. The molecule has 0 amide bonds. The van der Waals surface area contributed by atoms with E-state index < -0.39 is 0 Å². The molecule has 156 valence electrons. The van der Waals surface area contributed by atoms with Crippen molar-refractivity contribution in [1.82, 2.24) is 0 Å². The summed E-state index contributed by atoms with van der Waals surface area (Å²) in [6.45, 7) is 2.17. The summed E-state index contributed by atoms with van der Waals surface area (Å²) in [4.78, 5) is 4.65. The first kappa shape index (κ1) is 20.1. The average Bonchev–Trinajstić information content (AvgIpc) is 3.28. The van der Waals surface area contributed by atoms with Gasteiger partial charge in [0.15, 0.2) is 0 Å². The van der Waals surface area contributed by atoms with Gasteiger partial charge in [0.2, 0.25) is 0 Å². The van der Waals surface area contributed by atoms with Crippen LogP contribution in [0.4, 0.5) is 11.4 Å². The topological polar surface area (TPSA) is 33.6 Å². The zero-order chi connectivity index (χ0) is 21.4. The fraction of sp³-hybridized carbons (Fsp3) is 0.222. The minimum atomic E-state index is 0.311. The van der Waals surface area contributed by atoms with E-state index >= 15 is 0 Å². The number of aliphatic imine (C=N–C) groups is 1. The zero-order valence-corrected chi connectivity index (χ0v) is 19.3. The number of halogens is 1. The summed E-state index contributed by atoms with van der Waals surface area (Å²) in [5, 5.41) is 3.81. The van der Waals surface area contributed by atoms with Crippen molar-refractivity contribution >= 4 is 33.5 Å². The van der Waals surface area contributed by atoms with Crippen molar-refractivity contribution in [3.8, 4) is 5.75 Å². The maximum Gasteiger partial charge on any atom is 0.133 e. The largest absolute Gasteiger partial charge is 0.496 e. The Morgan fingerprint density at radius 1 is 1.06 bits per heavy atom. The molecule has 0 radical (unpaired) electrons. The van der Waals surface area contributed by atoms with Gasteiger partial charge in [0.25, 0.3) is 0 Å². The highest BCUT2D eigenvalue weighted by Gasteiger charge is 2.37. The SMILES string of the molecule is COc1ccc(C=Nc2ccc([C@@H]3Nc4ccc(C)cc4[C@@H]4C=CC[C@H]43)cc2)cc1Br. The number of rotatable bonds is 4. The van der Waals surface area contributed by atoms with E-state index in [0.29, 0.717) is 17.9 Å². The molecule has 31 heavy (non-hydrogen) atoms. The van der Waals surface area contributed by atoms with E-state index in [4.69, 9.17) is 4.74 Å². The molecule has 3 atom stereocenters. The molecule has 0 unspecified atom stereocenters. The van der Waals surface area contributed by atoms with Crippen LogP contribution >= 0.6 is 15.9 Å². The molecule has 3 aromatic carbocycles. The van der Waals surface area contributed by atoms with Crippen molar-refractivity contribution in [3.63, 3.8) is 0 Å². The van der Waals surface area contributed by atoms with Gasteiger partial charge in [0.1, 0.15) is 5.75 Å². The number of benzene rings is 3. The van der Waals surface area contributed by atoms with Crippen LogP contribution in [-0.4, -0.2) is 13.3 Å². The van der Waals surface area contributed by atoms with Gasteiger partial charge in [-0.3, -0.25) is 4.99 Å². The highest BCUT2D eigenvalue weighted by atomic mass is 79.9. The second-order valence-electron chi connectivity index (χ2n) is 8.31. The van der Waals surface area contributed by atoms with Crippen molar-refractivity contribution < 1.29 is 4.74 Å². The predicted molar refractivity (Wildman–Crippen MR) is 132 cm³/mol. The normalized spacial score (nSPS) is 21.6. The molecule has 5 rings (SSSR count). The standard InChI is InChI=1S/C27H25BrN2O/c1-17-6-12-25-23(14-17)21-4-3-5-22(21)27(30-25)19-8-10-20(11-9-19)29-16-18-7-13-26(31-2)24(28)15-18/h3-4,6-16,21-22,27,30H,5H2,1-2H3/t21-,22-,27+/m1/s1. The van der Waals surface area contributed by atoms with Crippen LogP contribution in [0.2, 0.25) is 0 Å². The first-order chi connectivity index (χ1) is 15.1. The fourth-order valence-electron chi connectivity index (χ4n) is 4.72. The van der Waals surface area contributed by atoms with Crippen LogP contribution in [0.1, 0.15) is 40.6 Å². The van der Waals surface area contributed by atoms with Crippen LogP contribution in [0.25, 0.3) is 0 Å². The van der Waals surface area contributed by atoms with E-state index in [1.54, 1.807) is 7.11 Å². The number of hydrogen-bond acceptors (Lipinski definition) is 3. The van der Waals surface area contributed by atoms with Gasteiger partial charge in [0, 0.05) is 17.8 Å². The summed E-state index contributed by atoms with van der Waals surface area (Å²) in [6.07, 6.45) is 7.73. The Morgan fingerprint density at radius 2 is 1.90 bits per heavy atom. The lowest BCUT2D eigenvalue weighted by atomic mass is 9.76. The van der Waals surface area contributed by atoms with Crippen LogP contribution in [-0.2, 0) is 0 Å². The minimum Gasteiger partial charge on any atom is -0.496 e. The molecule has 0 bridgehead atoms. The van der Waals surface area contributed by atoms with Crippen molar-refractivity contribution in [3.05, 3.63) is 99.5 Å². The summed E-state index contributed by atoms with van der Waals surface area (Å²) >= 11 is 3.53. The number of ether oxygens (including phenoxy) is 1. The molecule has 0 aromatic heterocycles. The lowest BCUT2D eigenvalue weighted by Gasteiger charge is -2.37. The van der Waals surface area contributed by atoms with E-state index in [-0.39, 0.29) is 0 Å². The summed E-state index contributed by atoms with van der Waals surface area (Å²) in [7, 11) is 1.67. The number of fused-ring (bicyclic) bond motifs is 3. The van der Waals surface area contributed by atoms with E-state index in [1.165, 1.54) is 22.4 Å². The summed E-state index contributed by atoms with van der Waals surface area (Å²) in [5.41, 5.74) is 7.30. The molecule has 1 aliphatic carbocycles. The molecular formula is C27H25BrN2O. The van der Waals surface area contributed by atoms with Crippen molar-refractivity contribution in [1.29, 1.82) is 0 Å². The molecule has 0 fully saturated rings. The Balaban J connectivity index is 1.36. The van der Waals surface area contributed by atoms with Crippen LogP contribution in [0.5, 0.6) is 5.75 Å². The minimum absolute atomic E-state index is 0.311. The number of nitrogens with one attached hydrogen (secondary N) is 1. The third kappa shape index (κ3) is 3.92. The van der Waals surface area contributed by atoms with Crippen molar-refractivity contribution in [2.45, 2.75) is 25.3 Å². The monoisotopic (exact) mass is 472 g/mol. The Labute approximate surface area is 192 Å². The average molecular weight is 473 g/mol. The van der Waals surface area contributed by atoms with Crippen molar-refractivity contribution in [2.75, 3.05) is 12.4 Å². The molecule has 2 aliphatic rings. The number of aryl methyl sites for hydroxylation is 1. The third-order valence-electron chi connectivity index (χ3n) is 6.31. The molecule has 3 aromatic rings. The molecule has 0 saturated heterocycles. The summed E-state index contributed by atoms with van der Waals surface area (Å²) in [5.74, 6) is 1.87. The fourth-order valence-corrected chi connectivity index (χ4v) is 5.28. The maximum atomic E-state index is 5.29. The molecule has 0 spiro atoms. The highest BCUT2D eigenvalue weighted by molar-refractivity contribution is 9.10. The van der Waals surface area contributed by atoms with E-state index in [1.807, 2.05) is 24.4 Å². The van der Waals surface area contributed by atoms with Gasteiger partial charge < -0.3 is 10.1 Å². The quantitative estimate of drug-likeness (QED) is 0.318. The lowest BCUT2D eigenvalue weighted by molar-refractivity contribution is 0.412. The molecule has 4 heteroatoms. The molecule has 1 heterocycles. The van der Waals surface area contributed by atoms with Crippen LogP contribution < -0.4 is 10.1 Å². The first-order valence-electron chi connectivity index (χ1n) is 10.6. The van der Waals surface area contributed by atoms with Gasteiger partial charge >= 0.3 is 0 Å². The third-order valence-corrected chi connectivity index (χ3v) is 6.93. The van der Waals surface area contributed by atoms with Gasteiger partial charge in [0.05, 0.1) is 23.3 Å². The van der Waals surface area contributed by atoms with Gasteiger partial charge in [-0.1, -0.05) is 42.0 Å². The number of methoxy groups -OCH3 is 1. The molecule has 0 saturated carbocycles. The smallest absolute Gasteiger partial charge is 0.133 e. The van der Waals surface area contributed by atoms with Gasteiger partial charge in [-0.25, -0.2) is 0 Å². The van der Waals surface area contributed by atoms with Gasteiger partial charge in [-0.2, -0.15) is 0 Å². The number of nitrogens with zero attached hydrogens (tertiary/aromatic N) is 1. The van der Waals surface area contributed by atoms with Gasteiger partial charge in [-0.15, -0.1) is 0 Å². The second kappa shape index (κ2) is 8.35. The summed E-state index contributed by atoms with van der Waals surface area (Å²) in [6, 6.07) is 21.6. The number of allylic oxidation sites excluding steroid dienone is 2. The molecule has 3 nitrogen and oxygen atoms in total. The van der Waals surface area contributed by atoms with E-state index in [2.05, 4.69) is 87.8 Å².